The van der Waals surface area contributed by atoms with E-state index in [2.05, 4.69) is 6.92 Å². The van der Waals surface area contributed by atoms with Crippen LogP contribution in [0.2, 0.25) is 12.6 Å². The van der Waals surface area contributed by atoms with Gasteiger partial charge in [-0.25, -0.2) is 0 Å². The molecule has 1 unspecified atom stereocenters. The summed E-state index contributed by atoms with van der Waals surface area (Å²) in [5.74, 6) is 0. The van der Waals surface area contributed by atoms with Gasteiger partial charge in [-0.1, -0.05) is 187 Å². The zero-order chi connectivity index (χ0) is 24.1. The van der Waals surface area contributed by atoms with E-state index in [-0.39, 0.29) is 0 Å². The predicted octanol–water partition coefficient (Wildman–Crippen LogP) is 11.7. The van der Waals surface area contributed by atoms with Crippen molar-refractivity contribution in [2.24, 2.45) is 0 Å². The van der Waals surface area contributed by atoms with Gasteiger partial charge in [-0.15, -0.1) is 0 Å². The predicted molar refractivity (Wildman–Crippen MR) is 153 cm³/mol. The molecule has 0 aliphatic rings. The second-order valence-electron chi connectivity index (χ2n) is 11.1. The first-order valence-corrected chi connectivity index (χ1v) is 18.4. The van der Waals surface area contributed by atoms with Crippen molar-refractivity contribution in [1.29, 1.82) is 0 Å². The van der Waals surface area contributed by atoms with Gasteiger partial charge in [0.05, 0.1) is 0 Å². The Kier molecular flexibility index (Phi) is 30.4. The molecule has 0 aromatic heterocycles. The van der Waals surface area contributed by atoms with Crippen LogP contribution in [-0.2, 0) is 4.80 Å². The Hall–Kier alpha value is 0.177. The molecule has 199 valence electrons. The summed E-state index contributed by atoms with van der Waals surface area (Å²) in [6, 6.07) is 1.01. The van der Waals surface area contributed by atoms with Gasteiger partial charge >= 0.3 is 0 Å². The molecule has 0 aromatic rings. The van der Waals surface area contributed by atoms with E-state index in [0.717, 1.165) is 6.04 Å². The summed E-state index contributed by atoms with van der Waals surface area (Å²) < 4.78 is 0. The highest BCUT2D eigenvalue weighted by Crippen LogP contribution is 2.16. The third-order valence-corrected chi connectivity index (χ3v) is 8.69. The molecule has 1 nitrogen and oxygen atoms in total. The van der Waals surface area contributed by atoms with Gasteiger partial charge in [-0.2, -0.15) is 0 Å². The van der Waals surface area contributed by atoms with Crippen molar-refractivity contribution in [3.8, 4) is 0 Å². The monoisotopic (exact) mass is 481 g/mol. The minimum atomic E-state index is -1.53. The first kappa shape index (κ1) is 33.2. The van der Waals surface area contributed by atoms with Crippen molar-refractivity contribution in [2.45, 2.75) is 199 Å². The molecule has 1 radical (unpaired) electrons. The van der Waals surface area contributed by atoms with Crippen molar-refractivity contribution in [1.82, 2.24) is 0 Å². The van der Waals surface area contributed by atoms with Gasteiger partial charge in [0.2, 0.25) is 9.04 Å². The Labute approximate surface area is 213 Å². The van der Waals surface area contributed by atoms with Gasteiger partial charge in [0.15, 0.2) is 0 Å². The average Bonchev–Trinajstić information content (AvgIpc) is 2.80. The van der Waals surface area contributed by atoms with Crippen LogP contribution in [0.1, 0.15) is 187 Å². The van der Waals surface area contributed by atoms with Gasteiger partial charge in [0.1, 0.15) is 0 Å². The Bertz CT molecular complexity index is 331. The van der Waals surface area contributed by atoms with Gasteiger partial charge in [-0.3, -0.25) is 0 Å². The van der Waals surface area contributed by atoms with Crippen molar-refractivity contribution >= 4 is 9.04 Å². The summed E-state index contributed by atoms with van der Waals surface area (Å²) in [5, 5.41) is 0. The lowest BCUT2D eigenvalue weighted by molar-refractivity contribution is 0.447. The lowest BCUT2D eigenvalue weighted by Crippen LogP contribution is -2.01. The van der Waals surface area contributed by atoms with Crippen LogP contribution < -0.4 is 0 Å². The topological polar surface area (TPSA) is 19.9 Å². The lowest BCUT2D eigenvalue weighted by Gasteiger charge is -2.04. The maximum absolute atomic E-state index is 11.1. The Morgan fingerprint density at radius 3 is 0.697 bits per heavy atom. The van der Waals surface area contributed by atoms with E-state index in [1.54, 1.807) is 0 Å². The Balaban J connectivity index is 3.00. The van der Waals surface area contributed by atoms with Gasteiger partial charge in [0.25, 0.3) is 0 Å². The summed E-state index contributed by atoms with van der Waals surface area (Å²) in [6.45, 7) is 4.23. The number of hydrogen-bond acceptors (Lipinski definition) is 0. The van der Waals surface area contributed by atoms with E-state index in [1.807, 2.05) is 6.55 Å². The molecule has 0 saturated heterocycles. The number of hydrogen-bond donors (Lipinski definition) is 0. The highest BCUT2D eigenvalue weighted by molar-refractivity contribution is 6.48. The molecule has 0 bridgehead atoms. The fraction of sp³-hybridized carbons (Fsp3) is 1.00. The van der Waals surface area contributed by atoms with Crippen molar-refractivity contribution in [2.75, 3.05) is 0 Å². The fourth-order valence-electron chi connectivity index (χ4n) is 5.10. The molecule has 0 rings (SSSR count). The molecule has 0 heterocycles. The van der Waals surface area contributed by atoms with E-state index >= 15 is 0 Å². The normalized spacial score (nSPS) is 12.5. The third-order valence-electron chi connectivity index (χ3n) is 7.46. The van der Waals surface area contributed by atoms with Crippen LogP contribution in [0.15, 0.2) is 0 Å². The van der Waals surface area contributed by atoms with Crippen LogP contribution in [0.5, 0.6) is 0 Å². The highest BCUT2D eigenvalue weighted by Gasteiger charge is 2.00. The van der Waals surface area contributed by atoms with Gasteiger partial charge in [-0.05, 0) is 12.6 Å². The van der Waals surface area contributed by atoms with Crippen LogP contribution in [0.4, 0.5) is 0 Å². The van der Waals surface area contributed by atoms with Crippen molar-refractivity contribution in [3.05, 3.63) is 0 Å². The molecule has 0 N–H and O–H groups in total. The van der Waals surface area contributed by atoms with Crippen molar-refractivity contribution in [3.63, 3.8) is 0 Å². The number of rotatable bonds is 29. The summed E-state index contributed by atoms with van der Waals surface area (Å²) in [4.78, 5) is 11.1. The molecule has 0 aliphatic carbocycles. The highest BCUT2D eigenvalue weighted by atomic mass is 28.3. The molecule has 0 fully saturated rings. The maximum Gasteiger partial charge on any atom is 0.219 e. The average molecular weight is 482 g/mol. The lowest BCUT2D eigenvalue weighted by atomic mass is 10.0. The van der Waals surface area contributed by atoms with Gasteiger partial charge < -0.3 is 4.80 Å². The number of unbranched alkanes of at least 4 members (excludes halogenated alkanes) is 27. The van der Waals surface area contributed by atoms with Crippen molar-refractivity contribution < 1.29 is 4.80 Å². The van der Waals surface area contributed by atoms with E-state index in [4.69, 9.17) is 0 Å². The minimum Gasteiger partial charge on any atom is -0.302 e. The fourth-order valence-corrected chi connectivity index (χ4v) is 5.96. The quantitative estimate of drug-likeness (QED) is 0.0747. The molecule has 0 amide bonds. The molecule has 0 saturated carbocycles. The second kappa shape index (κ2) is 30.2. The first-order chi connectivity index (χ1) is 16.3. The van der Waals surface area contributed by atoms with Crippen LogP contribution in [0.25, 0.3) is 0 Å². The summed E-state index contributed by atoms with van der Waals surface area (Å²) in [6.07, 6.45) is 40.4. The van der Waals surface area contributed by atoms with Crippen LogP contribution in [0.3, 0.4) is 0 Å². The largest absolute Gasteiger partial charge is 0.302 e. The second-order valence-corrected chi connectivity index (χ2v) is 13.3. The smallest absolute Gasteiger partial charge is 0.219 e. The van der Waals surface area contributed by atoms with Crippen LogP contribution in [0, 0.1) is 0 Å². The molecule has 2 heteroatoms. The van der Waals surface area contributed by atoms with E-state index in [1.165, 1.54) is 180 Å². The first-order valence-electron chi connectivity index (χ1n) is 15.9. The molecule has 1 atom stereocenters. The third kappa shape index (κ3) is 32.2. The van der Waals surface area contributed by atoms with Gasteiger partial charge in [0, 0.05) is 0 Å². The van der Waals surface area contributed by atoms with Crippen LogP contribution in [-0.4, -0.2) is 9.04 Å². The molecular formula is C31H65OSi. The van der Waals surface area contributed by atoms with E-state index < -0.39 is 9.04 Å². The SMILES string of the molecule is CCCCCCCCCCCCCCCCCCCCCCCCCCCCCC[SiH](C)[O]. The molecular weight excluding hydrogens is 416 g/mol. The van der Waals surface area contributed by atoms with E-state index in [0.29, 0.717) is 0 Å². The van der Waals surface area contributed by atoms with E-state index in [9.17, 15) is 4.80 Å². The molecule has 0 spiro atoms. The molecule has 0 aliphatic heterocycles. The summed E-state index contributed by atoms with van der Waals surface area (Å²) >= 11 is 0. The Morgan fingerprint density at radius 1 is 0.333 bits per heavy atom. The standard InChI is InChI=1S/C31H65OSi/c1-3-4-5-6-7-8-9-10-11-12-13-14-15-16-17-18-19-20-21-22-23-24-25-26-27-28-29-30-31-33(2)32/h33H,3-31H2,1-2H3. The molecule has 33 heavy (non-hydrogen) atoms. The zero-order valence-electron chi connectivity index (χ0n) is 23.5. The maximum atomic E-state index is 11.1. The Morgan fingerprint density at radius 2 is 0.515 bits per heavy atom. The molecule has 0 aromatic carbocycles. The zero-order valence-corrected chi connectivity index (χ0v) is 24.6. The minimum absolute atomic E-state index is 1.01. The van der Waals surface area contributed by atoms with Crippen LogP contribution >= 0.6 is 0 Å². The summed E-state index contributed by atoms with van der Waals surface area (Å²) in [7, 11) is -1.53. The summed E-state index contributed by atoms with van der Waals surface area (Å²) in [5.41, 5.74) is 0.